The summed E-state index contributed by atoms with van der Waals surface area (Å²) in [5, 5.41) is 22.3. The maximum Gasteiger partial charge on any atom is 0.334 e. The fourth-order valence-corrected chi connectivity index (χ4v) is 1.32. The zero-order valence-electron chi connectivity index (χ0n) is 9.91. The normalized spacial score (nSPS) is 13.0. The van der Waals surface area contributed by atoms with Gasteiger partial charge in [0, 0.05) is 5.54 Å². The number of rotatable bonds is 6. The van der Waals surface area contributed by atoms with E-state index in [4.69, 9.17) is 10.2 Å². The van der Waals surface area contributed by atoms with Gasteiger partial charge in [-0.25, -0.2) is 9.59 Å². The van der Waals surface area contributed by atoms with Gasteiger partial charge in [-0.3, -0.25) is 0 Å². The van der Waals surface area contributed by atoms with E-state index in [0.717, 1.165) is 12.8 Å². The molecule has 0 aliphatic heterocycles. The van der Waals surface area contributed by atoms with Crippen molar-refractivity contribution in [3.63, 3.8) is 0 Å². The van der Waals surface area contributed by atoms with Gasteiger partial charge in [-0.15, -0.1) is 0 Å². The molecule has 0 saturated carbocycles. The average Bonchev–Trinajstić information content (AvgIpc) is 2.12. The first-order valence-electron chi connectivity index (χ1n) is 5.25. The van der Waals surface area contributed by atoms with Crippen LogP contribution in [0, 0.1) is 0 Å². The number of carboxylic acid groups (broad SMARTS) is 1. The summed E-state index contributed by atoms with van der Waals surface area (Å²) in [7, 11) is 0. The second kappa shape index (κ2) is 6.32. The number of urea groups is 1. The van der Waals surface area contributed by atoms with Crippen molar-refractivity contribution in [3.05, 3.63) is 0 Å². The summed E-state index contributed by atoms with van der Waals surface area (Å²) >= 11 is 0. The first-order valence-corrected chi connectivity index (χ1v) is 5.25. The van der Waals surface area contributed by atoms with Gasteiger partial charge in [0.05, 0.1) is 6.54 Å². The molecule has 16 heavy (non-hydrogen) atoms. The Morgan fingerprint density at radius 3 is 2.38 bits per heavy atom. The Kier molecular flexibility index (Phi) is 5.81. The lowest BCUT2D eigenvalue weighted by atomic mass is 9.99. The van der Waals surface area contributed by atoms with Crippen LogP contribution in [0.25, 0.3) is 0 Å². The Morgan fingerprint density at radius 2 is 1.94 bits per heavy atom. The Labute approximate surface area is 95.0 Å². The molecule has 0 aliphatic rings. The van der Waals surface area contributed by atoms with Crippen molar-refractivity contribution in [3.8, 4) is 0 Å². The molecule has 0 unspecified atom stereocenters. The monoisotopic (exact) mass is 232 g/mol. The topological polar surface area (TPSA) is 98.7 Å². The lowest BCUT2D eigenvalue weighted by Crippen LogP contribution is -2.50. The van der Waals surface area contributed by atoms with Crippen molar-refractivity contribution in [2.45, 2.75) is 45.3 Å². The number of aliphatic carboxylic acids is 1. The molecule has 4 N–H and O–H groups in total. The fraction of sp³-hybridized carbons (Fsp3) is 0.800. The summed E-state index contributed by atoms with van der Waals surface area (Å²) in [5.74, 6) is -1.35. The zero-order chi connectivity index (χ0) is 12.8. The van der Waals surface area contributed by atoms with Crippen LogP contribution in [-0.4, -0.2) is 40.4 Å². The second-order valence-corrected chi connectivity index (χ2v) is 4.32. The number of carbonyl (C=O) groups excluding carboxylic acids is 1. The summed E-state index contributed by atoms with van der Waals surface area (Å²) in [6, 6.07) is -0.473. The van der Waals surface area contributed by atoms with E-state index >= 15 is 0 Å². The van der Waals surface area contributed by atoms with Gasteiger partial charge in [0.25, 0.3) is 0 Å². The van der Waals surface area contributed by atoms with Gasteiger partial charge in [0.15, 0.2) is 6.10 Å². The summed E-state index contributed by atoms with van der Waals surface area (Å²) < 4.78 is 0. The lowest BCUT2D eigenvalue weighted by Gasteiger charge is -2.25. The highest BCUT2D eigenvalue weighted by Gasteiger charge is 2.20. The molecule has 0 radical (unpaired) electrons. The van der Waals surface area contributed by atoms with Gasteiger partial charge >= 0.3 is 12.0 Å². The van der Waals surface area contributed by atoms with Crippen LogP contribution in [0.5, 0.6) is 0 Å². The number of hydrogen-bond donors (Lipinski definition) is 4. The molecule has 6 nitrogen and oxygen atoms in total. The number of amides is 2. The summed E-state index contributed by atoms with van der Waals surface area (Å²) in [6.45, 7) is 5.46. The third-order valence-corrected chi connectivity index (χ3v) is 2.07. The van der Waals surface area contributed by atoms with Crippen LogP contribution in [0.2, 0.25) is 0 Å². The van der Waals surface area contributed by atoms with Crippen molar-refractivity contribution in [2.75, 3.05) is 6.54 Å². The molecule has 1 atom stereocenters. The number of nitrogens with one attached hydrogen (secondary N) is 2. The minimum Gasteiger partial charge on any atom is -0.479 e. The molecule has 0 rings (SSSR count). The molecular weight excluding hydrogens is 212 g/mol. The first-order chi connectivity index (χ1) is 7.28. The predicted octanol–water partition coefficient (Wildman–Crippen LogP) is 0.310. The van der Waals surface area contributed by atoms with E-state index in [9.17, 15) is 9.59 Å². The zero-order valence-corrected chi connectivity index (χ0v) is 9.91. The van der Waals surface area contributed by atoms with E-state index in [-0.39, 0.29) is 12.1 Å². The molecule has 0 bridgehead atoms. The van der Waals surface area contributed by atoms with Crippen molar-refractivity contribution in [1.82, 2.24) is 10.6 Å². The smallest absolute Gasteiger partial charge is 0.334 e. The van der Waals surface area contributed by atoms with Gasteiger partial charge in [-0.2, -0.15) is 0 Å². The Balaban J connectivity index is 3.95. The molecule has 0 saturated heterocycles. The van der Waals surface area contributed by atoms with Gasteiger partial charge < -0.3 is 20.8 Å². The number of hydrogen-bond acceptors (Lipinski definition) is 3. The van der Waals surface area contributed by atoms with E-state index in [1.54, 1.807) is 0 Å². The molecule has 94 valence electrons. The number of carbonyl (C=O) groups is 2. The predicted molar refractivity (Wildman–Crippen MR) is 59.2 cm³/mol. The van der Waals surface area contributed by atoms with Crippen molar-refractivity contribution in [1.29, 1.82) is 0 Å². The molecular formula is C10H20N2O4. The maximum absolute atomic E-state index is 11.3. The van der Waals surface area contributed by atoms with Crippen LogP contribution in [0.15, 0.2) is 0 Å². The van der Waals surface area contributed by atoms with Crippen LogP contribution >= 0.6 is 0 Å². The Morgan fingerprint density at radius 1 is 1.38 bits per heavy atom. The van der Waals surface area contributed by atoms with Crippen LogP contribution in [0.3, 0.4) is 0 Å². The summed E-state index contributed by atoms with van der Waals surface area (Å²) in [6.07, 6.45) is 0.187. The van der Waals surface area contributed by atoms with Crippen LogP contribution in [0.4, 0.5) is 4.79 Å². The molecule has 2 amide bonds. The van der Waals surface area contributed by atoms with Gasteiger partial charge in [0.1, 0.15) is 0 Å². The van der Waals surface area contributed by atoms with Crippen LogP contribution < -0.4 is 10.6 Å². The van der Waals surface area contributed by atoms with Crippen LogP contribution in [0.1, 0.15) is 33.6 Å². The van der Waals surface area contributed by atoms with E-state index in [0.29, 0.717) is 0 Å². The van der Waals surface area contributed by atoms with E-state index in [1.165, 1.54) is 0 Å². The molecule has 0 heterocycles. The Hall–Kier alpha value is -1.30. The number of carboxylic acids is 1. The summed E-state index contributed by atoms with van der Waals surface area (Å²) in [5.41, 5.74) is -0.340. The van der Waals surface area contributed by atoms with E-state index in [1.807, 2.05) is 20.8 Å². The van der Waals surface area contributed by atoms with E-state index in [2.05, 4.69) is 10.6 Å². The molecule has 0 aromatic rings. The molecule has 0 aliphatic carbocycles. The highest BCUT2D eigenvalue weighted by molar-refractivity contribution is 5.77. The fourth-order valence-electron chi connectivity index (χ4n) is 1.32. The highest BCUT2D eigenvalue weighted by Crippen LogP contribution is 2.09. The molecule has 0 aromatic heterocycles. The quantitative estimate of drug-likeness (QED) is 0.529. The van der Waals surface area contributed by atoms with Crippen LogP contribution in [-0.2, 0) is 4.79 Å². The molecule has 6 heteroatoms. The average molecular weight is 232 g/mol. The van der Waals surface area contributed by atoms with Gasteiger partial charge in [-0.1, -0.05) is 13.3 Å². The highest BCUT2D eigenvalue weighted by atomic mass is 16.4. The summed E-state index contributed by atoms with van der Waals surface area (Å²) in [4.78, 5) is 21.6. The third-order valence-electron chi connectivity index (χ3n) is 2.07. The minimum absolute atomic E-state index is 0.302. The molecule has 0 spiro atoms. The minimum atomic E-state index is -1.57. The third kappa shape index (κ3) is 6.23. The molecule has 0 fully saturated rings. The molecule has 0 aromatic carbocycles. The largest absolute Gasteiger partial charge is 0.479 e. The first kappa shape index (κ1) is 14.7. The van der Waals surface area contributed by atoms with Crippen molar-refractivity contribution < 1.29 is 19.8 Å². The van der Waals surface area contributed by atoms with Gasteiger partial charge in [0.2, 0.25) is 0 Å². The maximum atomic E-state index is 11.3. The SMILES string of the molecule is CCCC(C)(C)NC(=O)NC[C@H](O)C(=O)O. The van der Waals surface area contributed by atoms with E-state index < -0.39 is 18.1 Å². The number of aliphatic hydroxyl groups is 1. The van der Waals surface area contributed by atoms with Crippen molar-refractivity contribution >= 4 is 12.0 Å². The second-order valence-electron chi connectivity index (χ2n) is 4.32. The lowest BCUT2D eigenvalue weighted by molar-refractivity contribution is -0.146. The standard InChI is InChI=1S/C10H20N2O4/c1-4-5-10(2,3)12-9(16)11-6-7(13)8(14)15/h7,13H,4-6H2,1-3H3,(H,14,15)(H2,11,12,16)/t7-/m0/s1. The Bertz CT molecular complexity index is 253. The van der Waals surface area contributed by atoms with Crippen molar-refractivity contribution in [2.24, 2.45) is 0 Å². The van der Waals surface area contributed by atoms with Gasteiger partial charge in [-0.05, 0) is 20.3 Å². The number of aliphatic hydroxyl groups excluding tert-OH is 1.